The van der Waals surface area contributed by atoms with E-state index in [0.717, 1.165) is 6.07 Å². The Bertz CT molecular complexity index is 846. The number of alkyl halides is 3. The minimum absolute atomic E-state index is 0.0478. The fraction of sp³-hybridized carbons (Fsp3) is 0.333. The van der Waals surface area contributed by atoms with E-state index in [4.69, 9.17) is 21.1 Å². The highest BCUT2D eigenvalue weighted by Crippen LogP contribution is 2.35. The number of aromatic nitrogens is 1. The van der Waals surface area contributed by atoms with Crippen LogP contribution < -0.4 is 9.64 Å². The van der Waals surface area contributed by atoms with Gasteiger partial charge in [0, 0.05) is 10.6 Å². The molecule has 10 heteroatoms. The Hall–Kier alpha value is -2.36. The Morgan fingerprint density at radius 2 is 2.11 bits per heavy atom. The second-order valence-electron chi connectivity index (χ2n) is 6.02. The van der Waals surface area contributed by atoms with Gasteiger partial charge in [-0.3, -0.25) is 9.69 Å². The maximum absolute atomic E-state index is 13.1. The lowest BCUT2D eigenvalue weighted by molar-refractivity contribution is -0.138. The number of hydrogen-bond acceptors (Lipinski definition) is 5. The third-order valence-electron chi connectivity index (χ3n) is 4.14. The highest BCUT2D eigenvalue weighted by atomic mass is 35.5. The molecule has 0 aliphatic carbocycles. The van der Waals surface area contributed by atoms with Crippen molar-refractivity contribution >= 4 is 23.3 Å². The van der Waals surface area contributed by atoms with Gasteiger partial charge in [-0.05, 0) is 24.3 Å². The molecule has 0 spiro atoms. The molecule has 28 heavy (non-hydrogen) atoms. The molecule has 6 nitrogen and oxygen atoms in total. The largest absolute Gasteiger partial charge is 0.487 e. The summed E-state index contributed by atoms with van der Waals surface area (Å²) in [5, 5.41) is 9.12. The summed E-state index contributed by atoms with van der Waals surface area (Å²) in [5.41, 5.74) is -1.03. The third-order valence-corrected chi connectivity index (χ3v) is 4.49. The van der Waals surface area contributed by atoms with E-state index in [-0.39, 0.29) is 42.0 Å². The maximum atomic E-state index is 13.1. The topological polar surface area (TPSA) is 71.9 Å². The van der Waals surface area contributed by atoms with Crippen molar-refractivity contribution < 1.29 is 32.5 Å². The zero-order valence-corrected chi connectivity index (χ0v) is 15.2. The molecule has 1 N–H and O–H groups in total. The third kappa shape index (κ3) is 4.54. The van der Waals surface area contributed by atoms with Crippen LogP contribution in [0.4, 0.5) is 19.0 Å². The Morgan fingerprint density at radius 3 is 2.75 bits per heavy atom. The van der Waals surface area contributed by atoms with E-state index in [2.05, 4.69) is 4.98 Å². The van der Waals surface area contributed by atoms with Crippen LogP contribution in [0.25, 0.3) is 0 Å². The van der Waals surface area contributed by atoms with Gasteiger partial charge in [0.2, 0.25) is 0 Å². The summed E-state index contributed by atoms with van der Waals surface area (Å²) in [6.07, 6.45) is -3.75. The Balaban J connectivity index is 1.72. The number of anilines is 1. The second-order valence-corrected chi connectivity index (χ2v) is 6.43. The van der Waals surface area contributed by atoms with Gasteiger partial charge >= 0.3 is 6.18 Å². The molecular formula is C18H16ClF3N2O4. The average molecular weight is 417 g/mol. The first-order chi connectivity index (χ1) is 13.3. The van der Waals surface area contributed by atoms with Crippen LogP contribution in [0, 0.1) is 0 Å². The van der Waals surface area contributed by atoms with E-state index in [1.165, 1.54) is 35.4 Å². The summed E-state index contributed by atoms with van der Waals surface area (Å²) >= 11 is 5.90. The number of aliphatic hydroxyl groups is 1. The van der Waals surface area contributed by atoms with Crippen LogP contribution in [0.2, 0.25) is 5.02 Å². The van der Waals surface area contributed by atoms with E-state index < -0.39 is 24.5 Å². The number of hydrogen-bond donors (Lipinski definition) is 1. The number of benzene rings is 1. The van der Waals surface area contributed by atoms with Gasteiger partial charge in [0.05, 0.1) is 31.0 Å². The molecule has 2 heterocycles. The van der Waals surface area contributed by atoms with Crippen LogP contribution in [-0.4, -0.2) is 41.9 Å². The number of nitrogens with zero attached hydrogens (tertiary/aromatic N) is 2. The number of halogens is 4. The molecule has 1 aromatic heterocycles. The van der Waals surface area contributed by atoms with E-state index in [1.807, 2.05) is 0 Å². The molecule has 1 amide bonds. The summed E-state index contributed by atoms with van der Waals surface area (Å²) in [5.74, 6) is 0.237. The number of rotatable bonds is 5. The molecule has 1 aliphatic heterocycles. The summed E-state index contributed by atoms with van der Waals surface area (Å²) < 4.78 is 49.9. The lowest BCUT2D eigenvalue weighted by Crippen LogP contribution is -2.48. The Kier molecular flexibility index (Phi) is 6.07. The van der Waals surface area contributed by atoms with Gasteiger partial charge < -0.3 is 14.6 Å². The molecule has 3 rings (SSSR count). The molecule has 0 saturated carbocycles. The normalized spacial score (nSPS) is 17.7. The predicted molar refractivity (Wildman–Crippen MR) is 94.2 cm³/mol. The predicted octanol–water partition coefficient (Wildman–Crippen LogP) is 3.06. The van der Waals surface area contributed by atoms with Crippen molar-refractivity contribution in [1.82, 2.24) is 4.98 Å². The van der Waals surface area contributed by atoms with Gasteiger partial charge in [-0.15, -0.1) is 0 Å². The molecule has 0 radical (unpaired) electrons. The van der Waals surface area contributed by atoms with E-state index in [1.54, 1.807) is 0 Å². The molecule has 1 fully saturated rings. The summed E-state index contributed by atoms with van der Waals surface area (Å²) in [6.45, 7) is -0.641. The number of pyridine rings is 1. The summed E-state index contributed by atoms with van der Waals surface area (Å²) in [4.78, 5) is 17.4. The van der Waals surface area contributed by atoms with Crippen molar-refractivity contribution in [3.05, 3.63) is 52.7 Å². The van der Waals surface area contributed by atoms with Crippen LogP contribution in [0.1, 0.15) is 11.1 Å². The molecule has 2 aromatic rings. The number of aliphatic hydroxyl groups excluding tert-OH is 1. The molecule has 1 aromatic carbocycles. The van der Waals surface area contributed by atoms with Gasteiger partial charge in [-0.1, -0.05) is 17.7 Å². The molecule has 1 saturated heterocycles. The second kappa shape index (κ2) is 8.34. The lowest BCUT2D eigenvalue weighted by Gasteiger charge is -2.31. The Morgan fingerprint density at radius 1 is 1.32 bits per heavy atom. The standard InChI is InChI=1S/C18H16ClF3N2O4/c19-15-3-1-2-14(18(20,21)22)13(15)9-27-11-4-5-16(23-6-11)24-7-12(8-25)28-10-17(24)26/h1-6,12,25H,7-10H2. The minimum Gasteiger partial charge on any atom is -0.487 e. The van der Waals surface area contributed by atoms with Crippen molar-refractivity contribution in [2.75, 3.05) is 24.7 Å². The van der Waals surface area contributed by atoms with Crippen LogP contribution in [0.3, 0.4) is 0 Å². The van der Waals surface area contributed by atoms with Gasteiger partial charge in [0.25, 0.3) is 5.91 Å². The Labute approximate surface area is 163 Å². The average Bonchev–Trinajstić information content (AvgIpc) is 2.67. The molecule has 1 atom stereocenters. The zero-order chi connectivity index (χ0) is 20.3. The number of carbonyl (C=O) groups is 1. The molecule has 1 unspecified atom stereocenters. The number of amides is 1. The molecule has 1 aliphatic rings. The van der Waals surface area contributed by atoms with Gasteiger partial charge in [-0.2, -0.15) is 13.2 Å². The first-order valence-corrected chi connectivity index (χ1v) is 8.63. The highest BCUT2D eigenvalue weighted by molar-refractivity contribution is 6.31. The van der Waals surface area contributed by atoms with Gasteiger partial charge in [0.15, 0.2) is 0 Å². The maximum Gasteiger partial charge on any atom is 0.416 e. The smallest absolute Gasteiger partial charge is 0.416 e. The fourth-order valence-electron chi connectivity index (χ4n) is 2.70. The highest BCUT2D eigenvalue weighted by Gasteiger charge is 2.34. The summed E-state index contributed by atoms with van der Waals surface area (Å²) in [7, 11) is 0. The monoisotopic (exact) mass is 416 g/mol. The first-order valence-electron chi connectivity index (χ1n) is 8.26. The van der Waals surface area contributed by atoms with Gasteiger partial charge in [-0.25, -0.2) is 4.98 Å². The van der Waals surface area contributed by atoms with Crippen LogP contribution in [-0.2, 0) is 22.3 Å². The van der Waals surface area contributed by atoms with Crippen LogP contribution in [0.15, 0.2) is 36.5 Å². The van der Waals surface area contributed by atoms with Gasteiger partial charge in [0.1, 0.15) is 24.8 Å². The van der Waals surface area contributed by atoms with E-state index >= 15 is 0 Å². The van der Waals surface area contributed by atoms with Crippen molar-refractivity contribution in [3.63, 3.8) is 0 Å². The van der Waals surface area contributed by atoms with Crippen LogP contribution >= 0.6 is 11.6 Å². The minimum atomic E-state index is -4.55. The number of morpholine rings is 1. The SMILES string of the molecule is O=C1COC(CO)CN1c1ccc(OCc2c(Cl)cccc2C(F)(F)F)cn1. The zero-order valence-electron chi connectivity index (χ0n) is 14.4. The van der Waals surface area contributed by atoms with E-state index in [9.17, 15) is 23.1 Å². The fourth-order valence-corrected chi connectivity index (χ4v) is 2.93. The molecule has 150 valence electrons. The first kappa shape index (κ1) is 20.4. The van der Waals surface area contributed by atoms with E-state index in [0.29, 0.717) is 5.82 Å². The number of ether oxygens (including phenoxy) is 2. The summed E-state index contributed by atoms with van der Waals surface area (Å²) in [6, 6.07) is 6.52. The van der Waals surface area contributed by atoms with Crippen molar-refractivity contribution in [2.24, 2.45) is 0 Å². The van der Waals surface area contributed by atoms with Crippen molar-refractivity contribution in [2.45, 2.75) is 18.9 Å². The molecular weight excluding hydrogens is 401 g/mol. The quantitative estimate of drug-likeness (QED) is 0.811. The van der Waals surface area contributed by atoms with Crippen LogP contribution in [0.5, 0.6) is 5.75 Å². The van der Waals surface area contributed by atoms with Crippen molar-refractivity contribution in [1.29, 1.82) is 0 Å². The molecule has 0 bridgehead atoms. The lowest BCUT2D eigenvalue weighted by atomic mass is 10.1. The number of carbonyl (C=O) groups excluding carboxylic acids is 1. The van der Waals surface area contributed by atoms with Crippen molar-refractivity contribution in [3.8, 4) is 5.75 Å².